The van der Waals surface area contributed by atoms with Gasteiger partial charge in [0.25, 0.3) is 0 Å². The number of ether oxygens (including phenoxy) is 4. The topological polar surface area (TPSA) is 40.2 Å². The van der Waals surface area contributed by atoms with Crippen LogP contribution in [-0.4, -0.2) is 33.3 Å². The fourth-order valence-corrected chi connectivity index (χ4v) is 2.95. The zero-order valence-corrected chi connectivity index (χ0v) is 17.5. The van der Waals surface area contributed by atoms with Crippen LogP contribution < -0.4 is 14.4 Å². The normalized spacial score (nSPS) is 11.4. The summed E-state index contributed by atoms with van der Waals surface area (Å²) in [5.41, 5.74) is 4.00. The first-order valence-corrected chi connectivity index (χ1v) is 9.03. The zero-order valence-electron chi connectivity index (χ0n) is 17.5. The van der Waals surface area contributed by atoms with Gasteiger partial charge in [0.05, 0.1) is 11.4 Å². The molecule has 27 heavy (non-hydrogen) atoms. The monoisotopic (exact) mass is 373 g/mol. The molecule has 0 atom stereocenters. The number of nitrogens with zero attached hydrogens (tertiary/aromatic N) is 1. The molecule has 148 valence electrons. The molecule has 0 amide bonds. The second kappa shape index (κ2) is 9.11. The molecule has 0 aliphatic heterocycles. The van der Waals surface area contributed by atoms with Crippen molar-refractivity contribution in [2.45, 2.75) is 40.2 Å². The Morgan fingerprint density at radius 1 is 0.741 bits per heavy atom. The van der Waals surface area contributed by atoms with Gasteiger partial charge in [-0.05, 0) is 70.0 Å². The van der Waals surface area contributed by atoms with Crippen LogP contribution in [-0.2, 0) is 9.47 Å². The van der Waals surface area contributed by atoms with Gasteiger partial charge in [0.2, 0.25) is 0 Å². The predicted octanol–water partition coefficient (Wildman–Crippen LogP) is 5.21. The molecule has 2 aromatic rings. The average molecular weight is 373 g/mol. The molecule has 0 N–H and O–H groups in total. The van der Waals surface area contributed by atoms with E-state index < -0.39 is 0 Å². The quantitative estimate of drug-likeness (QED) is 0.594. The van der Waals surface area contributed by atoms with Gasteiger partial charge in [-0.2, -0.15) is 0 Å². The third kappa shape index (κ3) is 5.37. The fraction of sp³-hybridized carbons (Fsp3) is 0.455. The highest BCUT2D eigenvalue weighted by atomic mass is 16.7. The summed E-state index contributed by atoms with van der Waals surface area (Å²) in [6.45, 7) is 11.0. The molecule has 5 nitrogen and oxygen atoms in total. The van der Waals surface area contributed by atoms with Gasteiger partial charge in [-0.3, -0.25) is 0 Å². The summed E-state index contributed by atoms with van der Waals surface area (Å²) < 4.78 is 22.0. The van der Waals surface area contributed by atoms with E-state index in [0.717, 1.165) is 34.0 Å². The Bertz CT molecular complexity index is 695. The molecule has 0 fully saturated rings. The van der Waals surface area contributed by atoms with E-state index in [9.17, 15) is 0 Å². The van der Waals surface area contributed by atoms with Gasteiger partial charge in [-0.1, -0.05) is 12.1 Å². The molecule has 0 bridgehead atoms. The first kappa shape index (κ1) is 21.1. The highest BCUT2D eigenvalue weighted by molar-refractivity contribution is 5.76. The van der Waals surface area contributed by atoms with Gasteiger partial charge in [0.15, 0.2) is 13.6 Å². The van der Waals surface area contributed by atoms with Crippen molar-refractivity contribution in [1.29, 1.82) is 0 Å². The summed E-state index contributed by atoms with van der Waals surface area (Å²) in [6, 6.07) is 12.3. The third-order valence-electron chi connectivity index (χ3n) is 4.05. The van der Waals surface area contributed by atoms with Crippen molar-refractivity contribution in [3.05, 3.63) is 47.5 Å². The molecule has 0 spiro atoms. The number of aryl methyl sites for hydroxylation is 2. The number of anilines is 2. The van der Waals surface area contributed by atoms with E-state index in [1.54, 1.807) is 14.2 Å². The zero-order chi connectivity index (χ0) is 20.0. The number of benzene rings is 2. The highest BCUT2D eigenvalue weighted by Crippen LogP contribution is 2.44. The predicted molar refractivity (Wildman–Crippen MR) is 109 cm³/mol. The summed E-state index contributed by atoms with van der Waals surface area (Å²) in [5.74, 6) is 1.52. The van der Waals surface area contributed by atoms with E-state index in [1.165, 1.54) is 0 Å². The summed E-state index contributed by atoms with van der Waals surface area (Å²) in [7, 11) is 3.24. The van der Waals surface area contributed by atoms with E-state index in [-0.39, 0.29) is 19.1 Å². The summed E-state index contributed by atoms with van der Waals surface area (Å²) >= 11 is 0. The number of rotatable bonds is 8. The summed E-state index contributed by atoms with van der Waals surface area (Å²) in [6.07, 6.45) is 0. The van der Waals surface area contributed by atoms with E-state index in [4.69, 9.17) is 18.9 Å². The smallest absolute Gasteiger partial charge is 0.188 e. The second-order valence-corrected chi connectivity index (χ2v) is 7.55. The Labute approximate surface area is 162 Å². The van der Waals surface area contributed by atoms with Crippen LogP contribution >= 0.6 is 0 Å². The van der Waals surface area contributed by atoms with Gasteiger partial charge in [-0.15, -0.1) is 0 Å². The fourth-order valence-electron chi connectivity index (χ4n) is 2.95. The Morgan fingerprint density at radius 3 is 1.48 bits per heavy atom. The Kier molecular flexibility index (Phi) is 7.11. The van der Waals surface area contributed by atoms with Gasteiger partial charge in [-0.25, -0.2) is 0 Å². The first-order chi connectivity index (χ1) is 12.8. The standard InChI is InChI=1S/C22H31NO4/c1-16-8-10-20(26-14-24-6)18(12-16)23(22(3,4)5)19-13-17(2)9-11-21(19)27-15-25-7/h8-13H,14-15H2,1-7H3. The van der Waals surface area contributed by atoms with Crippen molar-refractivity contribution in [1.82, 2.24) is 0 Å². The lowest BCUT2D eigenvalue weighted by Gasteiger charge is -2.39. The highest BCUT2D eigenvalue weighted by Gasteiger charge is 2.29. The molecule has 0 aliphatic rings. The van der Waals surface area contributed by atoms with Crippen molar-refractivity contribution in [2.24, 2.45) is 0 Å². The lowest BCUT2D eigenvalue weighted by atomic mass is 10.0. The second-order valence-electron chi connectivity index (χ2n) is 7.55. The molecule has 0 heterocycles. The van der Waals surface area contributed by atoms with E-state index in [1.807, 2.05) is 24.3 Å². The van der Waals surface area contributed by atoms with Crippen LogP contribution in [0.15, 0.2) is 36.4 Å². The molecule has 0 unspecified atom stereocenters. The average Bonchev–Trinajstić information content (AvgIpc) is 2.59. The maximum atomic E-state index is 5.86. The van der Waals surface area contributed by atoms with Crippen LogP contribution in [0.25, 0.3) is 0 Å². The number of hydrogen-bond donors (Lipinski definition) is 0. The molecule has 0 aromatic heterocycles. The minimum atomic E-state index is -0.224. The molecule has 0 saturated heterocycles. The molecular formula is C22H31NO4. The van der Waals surface area contributed by atoms with Crippen LogP contribution in [0.2, 0.25) is 0 Å². The van der Waals surface area contributed by atoms with Gasteiger partial charge >= 0.3 is 0 Å². The van der Waals surface area contributed by atoms with Gasteiger partial charge in [0, 0.05) is 19.8 Å². The lowest BCUT2D eigenvalue weighted by molar-refractivity contribution is 0.0508. The minimum absolute atomic E-state index is 0.189. The van der Waals surface area contributed by atoms with Gasteiger partial charge < -0.3 is 23.8 Å². The molecule has 5 heteroatoms. The molecule has 0 aliphatic carbocycles. The van der Waals surface area contributed by atoms with Crippen LogP contribution in [0.1, 0.15) is 31.9 Å². The third-order valence-corrected chi connectivity index (χ3v) is 4.05. The van der Waals surface area contributed by atoms with Crippen LogP contribution in [0.5, 0.6) is 11.5 Å². The number of hydrogen-bond acceptors (Lipinski definition) is 5. The maximum absolute atomic E-state index is 5.86. The van der Waals surface area contributed by atoms with Crippen molar-refractivity contribution in [3.8, 4) is 11.5 Å². The van der Waals surface area contributed by atoms with Crippen LogP contribution in [0, 0.1) is 13.8 Å². The van der Waals surface area contributed by atoms with Crippen molar-refractivity contribution < 1.29 is 18.9 Å². The molecule has 2 aromatic carbocycles. The SMILES string of the molecule is COCOc1ccc(C)cc1N(c1cc(C)ccc1OCOC)C(C)(C)C. The molecular weight excluding hydrogens is 342 g/mol. The number of methoxy groups -OCH3 is 2. The minimum Gasteiger partial charge on any atom is -0.465 e. The van der Waals surface area contributed by atoms with Gasteiger partial charge in [0.1, 0.15) is 11.5 Å². The molecule has 2 rings (SSSR count). The van der Waals surface area contributed by atoms with Crippen molar-refractivity contribution >= 4 is 11.4 Å². The van der Waals surface area contributed by atoms with Crippen molar-refractivity contribution in [2.75, 3.05) is 32.7 Å². The summed E-state index contributed by atoms with van der Waals surface area (Å²) in [4.78, 5) is 2.24. The Morgan fingerprint density at radius 2 is 1.15 bits per heavy atom. The summed E-state index contributed by atoms with van der Waals surface area (Å²) in [5, 5.41) is 0. The first-order valence-electron chi connectivity index (χ1n) is 9.03. The maximum Gasteiger partial charge on any atom is 0.188 e. The van der Waals surface area contributed by atoms with Crippen molar-refractivity contribution in [3.63, 3.8) is 0 Å². The van der Waals surface area contributed by atoms with Crippen LogP contribution in [0.3, 0.4) is 0 Å². The van der Waals surface area contributed by atoms with E-state index in [0.29, 0.717) is 0 Å². The molecule has 0 saturated carbocycles. The molecule has 0 radical (unpaired) electrons. The van der Waals surface area contributed by atoms with E-state index >= 15 is 0 Å². The Balaban J connectivity index is 2.65. The van der Waals surface area contributed by atoms with Crippen LogP contribution in [0.4, 0.5) is 11.4 Å². The lowest BCUT2D eigenvalue weighted by Crippen LogP contribution is -2.38. The largest absolute Gasteiger partial charge is 0.465 e. The van der Waals surface area contributed by atoms with E-state index in [2.05, 4.69) is 51.7 Å². The Hall–Kier alpha value is -2.24.